The highest BCUT2D eigenvalue weighted by Gasteiger charge is 2.47. The second kappa shape index (κ2) is 8.12. The molecule has 1 atom stereocenters. The van der Waals surface area contributed by atoms with E-state index >= 15 is 0 Å². The van der Waals surface area contributed by atoms with Gasteiger partial charge in [0.15, 0.2) is 0 Å². The molecule has 1 saturated heterocycles. The minimum atomic E-state index is -0.799. The molecule has 30 heavy (non-hydrogen) atoms. The second-order valence-corrected chi connectivity index (χ2v) is 7.60. The first kappa shape index (κ1) is 19.8. The normalized spacial score (nSPS) is 18.1. The van der Waals surface area contributed by atoms with Crippen LogP contribution in [0.15, 0.2) is 71.6 Å². The molecular weight excluding hydrogens is 405 g/mol. The Kier molecular flexibility index (Phi) is 5.37. The molecule has 152 valence electrons. The predicted octanol–water partition coefficient (Wildman–Crippen LogP) is 4.91. The van der Waals surface area contributed by atoms with E-state index in [1.807, 2.05) is 18.4 Å². The molecule has 1 aromatic heterocycles. The summed E-state index contributed by atoms with van der Waals surface area (Å²) in [4.78, 5) is 28.1. The van der Waals surface area contributed by atoms with Crippen LogP contribution in [0.2, 0.25) is 0 Å². The maximum atomic E-state index is 13.3. The van der Waals surface area contributed by atoms with Gasteiger partial charge in [-0.25, -0.2) is 4.39 Å². The summed E-state index contributed by atoms with van der Waals surface area (Å²) in [6, 6.07) is 14.9. The van der Waals surface area contributed by atoms with Gasteiger partial charge in [0.25, 0.3) is 11.7 Å². The molecular formula is C23H18FNO4S. The number of halogens is 1. The topological polar surface area (TPSA) is 66.8 Å². The highest BCUT2D eigenvalue weighted by molar-refractivity contribution is 7.10. The zero-order valence-electron chi connectivity index (χ0n) is 16.0. The monoisotopic (exact) mass is 423 g/mol. The number of benzene rings is 2. The number of rotatable bonds is 5. The molecule has 0 radical (unpaired) electrons. The number of hydrogen-bond donors (Lipinski definition) is 1. The molecule has 1 N–H and O–H groups in total. The Morgan fingerprint density at radius 3 is 2.57 bits per heavy atom. The van der Waals surface area contributed by atoms with E-state index in [2.05, 4.69) is 0 Å². The van der Waals surface area contributed by atoms with Crippen LogP contribution in [-0.4, -0.2) is 23.4 Å². The number of nitrogens with zero attached hydrogens (tertiary/aromatic N) is 1. The number of thiophene rings is 1. The first-order valence-electron chi connectivity index (χ1n) is 9.34. The quantitative estimate of drug-likeness (QED) is 0.360. The Balaban J connectivity index is 1.88. The van der Waals surface area contributed by atoms with E-state index in [0.29, 0.717) is 18.0 Å². The predicted molar refractivity (Wildman–Crippen MR) is 113 cm³/mol. The number of hydrogen-bond acceptors (Lipinski definition) is 5. The summed E-state index contributed by atoms with van der Waals surface area (Å²) in [5, 5.41) is 12.7. The first-order valence-corrected chi connectivity index (χ1v) is 10.2. The third-order valence-corrected chi connectivity index (χ3v) is 5.71. The van der Waals surface area contributed by atoms with Gasteiger partial charge < -0.3 is 9.84 Å². The smallest absolute Gasteiger partial charge is 0.300 e. The SMILES string of the molecule is CCOc1cccc(N2C(=O)C(=O)/C(=C(\O)c3ccc(F)cc3)C2c2cccs2)c1. The molecule has 1 aliphatic rings. The van der Waals surface area contributed by atoms with Crippen molar-refractivity contribution in [3.63, 3.8) is 0 Å². The number of ether oxygens (including phenoxy) is 1. The van der Waals surface area contributed by atoms with Crippen molar-refractivity contribution in [2.45, 2.75) is 13.0 Å². The van der Waals surface area contributed by atoms with Gasteiger partial charge in [0.05, 0.1) is 12.2 Å². The van der Waals surface area contributed by atoms with Crippen molar-refractivity contribution in [2.75, 3.05) is 11.5 Å². The van der Waals surface area contributed by atoms with Gasteiger partial charge in [-0.2, -0.15) is 0 Å². The van der Waals surface area contributed by atoms with Gasteiger partial charge in [0.2, 0.25) is 0 Å². The van der Waals surface area contributed by atoms with Crippen LogP contribution in [0.5, 0.6) is 5.75 Å². The van der Waals surface area contributed by atoms with Crippen LogP contribution < -0.4 is 9.64 Å². The summed E-state index contributed by atoms with van der Waals surface area (Å²) in [5.74, 6) is -1.77. The first-order chi connectivity index (χ1) is 14.5. The minimum absolute atomic E-state index is 0.0316. The fraction of sp³-hybridized carbons (Fsp3) is 0.130. The summed E-state index contributed by atoms with van der Waals surface area (Å²) >= 11 is 1.37. The summed E-state index contributed by atoms with van der Waals surface area (Å²) < 4.78 is 18.8. The van der Waals surface area contributed by atoms with E-state index in [0.717, 1.165) is 4.88 Å². The van der Waals surface area contributed by atoms with Crippen LogP contribution >= 0.6 is 11.3 Å². The van der Waals surface area contributed by atoms with Crippen LogP contribution in [0.3, 0.4) is 0 Å². The van der Waals surface area contributed by atoms with Gasteiger partial charge >= 0.3 is 0 Å². The van der Waals surface area contributed by atoms with Crippen molar-refractivity contribution in [1.82, 2.24) is 0 Å². The third-order valence-electron chi connectivity index (χ3n) is 4.78. The van der Waals surface area contributed by atoms with E-state index in [1.54, 1.807) is 30.3 Å². The number of ketones is 1. The largest absolute Gasteiger partial charge is 0.507 e. The molecule has 0 spiro atoms. The zero-order chi connectivity index (χ0) is 21.3. The maximum Gasteiger partial charge on any atom is 0.300 e. The van der Waals surface area contributed by atoms with Crippen molar-refractivity contribution in [2.24, 2.45) is 0 Å². The van der Waals surface area contributed by atoms with Gasteiger partial charge in [0.1, 0.15) is 23.4 Å². The van der Waals surface area contributed by atoms with Crippen LogP contribution in [-0.2, 0) is 9.59 Å². The van der Waals surface area contributed by atoms with Gasteiger partial charge in [-0.05, 0) is 54.8 Å². The fourth-order valence-electron chi connectivity index (χ4n) is 3.47. The molecule has 0 bridgehead atoms. The van der Waals surface area contributed by atoms with Crippen molar-refractivity contribution in [3.05, 3.63) is 87.9 Å². The van der Waals surface area contributed by atoms with Crippen LogP contribution in [0.25, 0.3) is 5.76 Å². The molecule has 2 heterocycles. The third kappa shape index (κ3) is 3.48. The lowest BCUT2D eigenvalue weighted by Crippen LogP contribution is -2.29. The van der Waals surface area contributed by atoms with Gasteiger partial charge in [-0.3, -0.25) is 14.5 Å². The van der Waals surface area contributed by atoms with Crippen molar-refractivity contribution >= 4 is 34.5 Å². The van der Waals surface area contributed by atoms with E-state index in [4.69, 9.17) is 4.74 Å². The number of aliphatic hydroxyl groups excluding tert-OH is 1. The standard InChI is InChI=1S/C23H18FNO4S/c1-2-29-17-6-3-5-16(13-17)25-20(18-7-4-12-30-18)19(22(27)23(25)28)21(26)14-8-10-15(24)11-9-14/h3-13,20,26H,2H2,1H3/b21-19-. The highest BCUT2D eigenvalue weighted by atomic mass is 32.1. The van der Waals surface area contributed by atoms with E-state index in [-0.39, 0.29) is 16.9 Å². The lowest BCUT2D eigenvalue weighted by atomic mass is 9.99. The number of amides is 1. The Hall–Kier alpha value is -3.45. The molecule has 3 aromatic rings. The Bertz CT molecular complexity index is 1120. The van der Waals surface area contributed by atoms with E-state index in [9.17, 15) is 19.1 Å². The molecule has 0 aliphatic carbocycles. The number of carbonyl (C=O) groups is 2. The zero-order valence-corrected chi connectivity index (χ0v) is 16.9. The fourth-order valence-corrected chi connectivity index (χ4v) is 4.29. The van der Waals surface area contributed by atoms with Crippen molar-refractivity contribution in [1.29, 1.82) is 0 Å². The molecule has 7 heteroatoms. The lowest BCUT2D eigenvalue weighted by Gasteiger charge is -2.24. The van der Waals surface area contributed by atoms with Gasteiger partial charge in [-0.15, -0.1) is 11.3 Å². The molecule has 4 rings (SSSR count). The molecule has 1 fully saturated rings. The Labute approximate surface area is 176 Å². The second-order valence-electron chi connectivity index (χ2n) is 6.62. The lowest BCUT2D eigenvalue weighted by molar-refractivity contribution is -0.132. The Morgan fingerprint density at radius 2 is 1.90 bits per heavy atom. The number of aliphatic hydroxyl groups is 1. The average molecular weight is 423 g/mol. The molecule has 1 unspecified atom stereocenters. The molecule has 2 aromatic carbocycles. The molecule has 1 amide bonds. The van der Waals surface area contributed by atoms with Crippen LogP contribution in [0.4, 0.5) is 10.1 Å². The van der Waals surface area contributed by atoms with Gasteiger partial charge in [-0.1, -0.05) is 12.1 Å². The van der Waals surface area contributed by atoms with Crippen molar-refractivity contribution < 1.29 is 23.8 Å². The number of Topliss-reactive ketones (excluding diaryl/α,β-unsaturated/α-hetero) is 1. The maximum absolute atomic E-state index is 13.3. The molecule has 0 saturated carbocycles. The molecule has 1 aliphatic heterocycles. The average Bonchev–Trinajstić information content (AvgIpc) is 3.36. The summed E-state index contributed by atoms with van der Waals surface area (Å²) in [7, 11) is 0. The Morgan fingerprint density at radius 1 is 1.13 bits per heavy atom. The highest BCUT2D eigenvalue weighted by Crippen LogP contribution is 2.44. The summed E-state index contributed by atoms with van der Waals surface area (Å²) in [6.07, 6.45) is 0. The van der Waals surface area contributed by atoms with Gasteiger partial charge in [0, 0.05) is 22.2 Å². The summed E-state index contributed by atoms with van der Waals surface area (Å²) in [5.41, 5.74) is 0.717. The number of carbonyl (C=O) groups excluding carboxylic acids is 2. The van der Waals surface area contributed by atoms with Crippen molar-refractivity contribution in [3.8, 4) is 5.75 Å². The number of anilines is 1. The van der Waals surface area contributed by atoms with Crippen LogP contribution in [0, 0.1) is 5.82 Å². The van der Waals surface area contributed by atoms with E-state index in [1.165, 1.54) is 40.5 Å². The molecule has 5 nitrogen and oxygen atoms in total. The van der Waals surface area contributed by atoms with E-state index < -0.39 is 23.5 Å². The minimum Gasteiger partial charge on any atom is -0.507 e. The summed E-state index contributed by atoms with van der Waals surface area (Å²) in [6.45, 7) is 2.31. The van der Waals surface area contributed by atoms with Crippen LogP contribution in [0.1, 0.15) is 23.4 Å².